The molecule has 0 saturated heterocycles. The Balaban J connectivity index is 2.66. The highest BCUT2D eigenvalue weighted by atomic mass is 17.3. The number of nitrogens with zero attached hydrogens (tertiary/aromatic N) is 1. The third-order valence-electron chi connectivity index (χ3n) is 2.21. The van der Waals surface area contributed by atoms with Gasteiger partial charge in [0.05, 0.1) is 6.54 Å². The van der Waals surface area contributed by atoms with Crippen LogP contribution in [0.25, 0.3) is 0 Å². The van der Waals surface area contributed by atoms with Gasteiger partial charge in [-0.15, -0.1) is 0 Å². The molecule has 116 valence electrons. The molecule has 1 amide bonds. The summed E-state index contributed by atoms with van der Waals surface area (Å²) in [5.74, 6) is 0. The van der Waals surface area contributed by atoms with Gasteiger partial charge in [-0.1, -0.05) is 83.5 Å². The lowest BCUT2D eigenvalue weighted by Gasteiger charge is -2.15. The molecule has 0 radical (unpaired) electrons. The number of nitrogens with one attached hydrogen (secondary N) is 1. The lowest BCUT2D eigenvalue weighted by atomic mass is 10.3. The van der Waals surface area contributed by atoms with Gasteiger partial charge in [-0.05, 0) is 6.08 Å². The van der Waals surface area contributed by atoms with Crippen LogP contribution in [0.4, 0.5) is 4.79 Å². The highest BCUT2D eigenvalue weighted by Crippen LogP contribution is 1.90. The highest BCUT2D eigenvalue weighted by Gasteiger charge is 2.09. The summed E-state index contributed by atoms with van der Waals surface area (Å²) in [6.07, 6.45) is 23.5. The average Bonchev–Trinajstić information content (AvgIpc) is 2.50. The van der Waals surface area contributed by atoms with Gasteiger partial charge in [0.25, 0.3) is 0 Å². The van der Waals surface area contributed by atoms with Crippen molar-refractivity contribution in [2.75, 3.05) is 6.54 Å². The summed E-state index contributed by atoms with van der Waals surface area (Å²) in [6.45, 7) is 0.0974. The molecule has 1 rings (SSSR count). The van der Waals surface area contributed by atoms with E-state index in [9.17, 15) is 4.79 Å². The minimum atomic E-state index is -1.19. The predicted molar refractivity (Wildman–Crippen MR) is 84.0 cm³/mol. The summed E-state index contributed by atoms with van der Waals surface area (Å²) in [4.78, 5) is 20.1. The molecule has 0 aromatic rings. The topological polar surface area (TPSA) is 71.0 Å². The fourth-order valence-corrected chi connectivity index (χ4v) is 1.21. The van der Waals surface area contributed by atoms with Crippen molar-refractivity contribution < 1.29 is 19.8 Å². The molecular formula is C16H18N2O4. The van der Waals surface area contributed by atoms with Gasteiger partial charge in [-0.2, -0.15) is 0 Å². The summed E-state index contributed by atoms with van der Waals surface area (Å²) < 4.78 is 0. The second-order valence-corrected chi connectivity index (χ2v) is 3.85. The first kappa shape index (κ1) is 17.2. The van der Waals surface area contributed by atoms with Gasteiger partial charge in [0.15, 0.2) is 0 Å². The minimum absolute atomic E-state index is 0.0974. The second kappa shape index (κ2) is 12.0. The Hall–Kier alpha value is -2.83. The van der Waals surface area contributed by atoms with Crippen molar-refractivity contribution in [3.8, 4) is 0 Å². The van der Waals surface area contributed by atoms with E-state index in [0.29, 0.717) is 0 Å². The van der Waals surface area contributed by atoms with Crippen LogP contribution in [0.1, 0.15) is 0 Å². The SMILES string of the molecule is O=C(O)N1C\C=C/C=C\C=C/C=C\C=C/C=C\C=C/OON1. The highest BCUT2D eigenvalue weighted by molar-refractivity contribution is 5.64. The number of hydrogen-bond donors (Lipinski definition) is 2. The zero-order valence-electron chi connectivity index (χ0n) is 11.9. The minimum Gasteiger partial charge on any atom is -0.464 e. The number of allylic oxidation sites excluding steroid dienone is 12. The van der Waals surface area contributed by atoms with Crippen LogP contribution in [0.5, 0.6) is 0 Å². The van der Waals surface area contributed by atoms with Crippen LogP contribution in [0.3, 0.4) is 0 Å². The molecule has 1 aliphatic rings. The van der Waals surface area contributed by atoms with Gasteiger partial charge in [-0.25, -0.2) is 9.80 Å². The smallest absolute Gasteiger partial charge is 0.424 e. The standard InChI is InChI=1S/C16H18N2O4/c19-16(20)18-14-12-10-8-6-4-2-1-3-5-7-9-11-13-15-21-22-17-18/h1-13,15,17H,14H2,(H,19,20)/b3-1-,4-2-,7-5-,8-6-,11-9-,12-10-,15-13-. The van der Waals surface area contributed by atoms with E-state index in [4.69, 9.17) is 5.11 Å². The number of carboxylic acid groups (broad SMARTS) is 1. The molecule has 0 spiro atoms. The summed E-state index contributed by atoms with van der Waals surface area (Å²) >= 11 is 0. The van der Waals surface area contributed by atoms with Crippen molar-refractivity contribution in [3.05, 3.63) is 85.3 Å². The van der Waals surface area contributed by atoms with Gasteiger partial charge < -0.3 is 9.99 Å². The summed E-state index contributed by atoms with van der Waals surface area (Å²) in [6, 6.07) is 0. The van der Waals surface area contributed by atoms with E-state index in [1.807, 2.05) is 48.6 Å². The van der Waals surface area contributed by atoms with Crippen LogP contribution < -0.4 is 5.59 Å². The first-order valence-electron chi connectivity index (χ1n) is 6.54. The molecule has 6 nitrogen and oxygen atoms in total. The molecule has 0 aliphatic carbocycles. The van der Waals surface area contributed by atoms with Crippen LogP contribution in [-0.4, -0.2) is 22.8 Å². The van der Waals surface area contributed by atoms with E-state index in [1.165, 1.54) is 6.26 Å². The quantitative estimate of drug-likeness (QED) is 0.672. The zero-order valence-corrected chi connectivity index (χ0v) is 11.9. The third-order valence-corrected chi connectivity index (χ3v) is 2.21. The number of hydrazine groups is 1. The zero-order chi connectivity index (χ0) is 15.9. The summed E-state index contributed by atoms with van der Waals surface area (Å²) in [5.41, 5.74) is 2.16. The fourth-order valence-electron chi connectivity index (χ4n) is 1.21. The molecule has 1 aliphatic heterocycles. The van der Waals surface area contributed by atoms with Crippen molar-refractivity contribution in [3.63, 3.8) is 0 Å². The van der Waals surface area contributed by atoms with Crippen molar-refractivity contribution in [2.24, 2.45) is 0 Å². The lowest BCUT2D eigenvalue weighted by molar-refractivity contribution is -0.328. The molecule has 0 aromatic carbocycles. The predicted octanol–water partition coefficient (Wildman–Crippen LogP) is 3.20. The van der Waals surface area contributed by atoms with Gasteiger partial charge >= 0.3 is 6.09 Å². The molecule has 1 heterocycles. The molecular weight excluding hydrogens is 284 g/mol. The molecule has 0 fully saturated rings. The molecule has 2 N–H and O–H groups in total. The van der Waals surface area contributed by atoms with Gasteiger partial charge in [0.1, 0.15) is 6.26 Å². The molecule has 0 saturated carbocycles. The molecule has 0 atom stereocenters. The normalized spacial score (nSPS) is 27.0. The van der Waals surface area contributed by atoms with E-state index in [1.54, 1.807) is 30.4 Å². The number of hydrogen-bond acceptors (Lipinski definition) is 4. The largest absolute Gasteiger partial charge is 0.464 e. The fraction of sp³-hybridized carbons (Fsp3) is 0.0625. The molecule has 22 heavy (non-hydrogen) atoms. The first-order chi connectivity index (χ1) is 10.8. The summed E-state index contributed by atoms with van der Waals surface area (Å²) in [5, 5.41) is 9.77. The van der Waals surface area contributed by atoms with E-state index in [0.717, 1.165) is 5.01 Å². The van der Waals surface area contributed by atoms with Crippen molar-refractivity contribution >= 4 is 6.09 Å². The maximum absolute atomic E-state index is 10.9. The Bertz CT molecular complexity index is 528. The van der Waals surface area contributed by atoms with E-state index >= 15 is 0 Å². The molecule has 0 aromatic heterocycles. The van der Waals surface area contributed by atoms with Crippen molar-refractivity contribution in [1.82, 2.24) is 10.6 Å². The summed E-state index contributed by atoms with van der Waals surface area (Å²) in [7, 11) is 0. The molecule has 0 bridgehead atoms. The van der Waals surface area contributed by atoms with Crippen LogP contribution >= 0.6 is 0 Å². The van der Waals surface area contributed by atoms with Crippen LogP contribution in [0.15, 0.2) is 85.3 Å². The van der Waals surface area contributed by atoms with Crippen LogP contribution in [-0.2, 0) is 9.88 Å². The number of amides is 1. The van der Waals surface area contributed by atoms with E-state index in [-0.39, 0.29) is 6.54 Å². The maximum atomic E-state index is 10.9. The Morgan fingerprint density at radius 2 is 1.36 bits per heavy atom. The van der Waals surface area contributed by atoms with Gasteiger partial charge in [-0.3, -0.25) is 0 Å². The Morgan fingerprint density at radius 3 is 1.91 bits per heavy atom. The lowest BCUT2D eigenvalue weighted by Crippen LogP contribution is -2.41. The third kappa shape index (κ3) is 9.13. The molecule has 6 heteroatoms. The van der Waals surface area contributed by atoms with E-state index in [2.05, 4.69) is 15.5 Å². The second-order valence-electron chi connectivity index (χ2n) is 3.85. The Kier molecular flexibility index (Phi) is 9.36. The van der Waals surface area contributed by atoms with Crippen LogP contribution in [0.2, 0.25) is 0 Å². The van der Waals surface area contributed by atoms with Gasteiger partial charge in [0, 0.05) is 0 Å². The maximum Gasteiger partial charge on any atom is 0.424 e. The number of rotatable bonds is 0. The Morgan fingerprint density at radius 1 is 0.864 bits per heavy atom. The number of carbonyl (C=O) groups is 1. The average molecular weight is 302 g/mol. The van der Waals surface area contributed by atoms with Crippen molar-refractivity contribution in [2.45, 2.75) is 0 Å². The van der Waals surface area contributed by atoms with E-state index < -0.39 is 6.09 Å². The first-order valence-corrected chi connectivity index (χ1v) is 6.54. The van der Waals surface area contributed by atoms with Crippen LogP contribution in [0, 0.1) is 0 Å². The monoisotopic (exact) mass is 302 g/mol. The Labute approximate surface area is 129 Å². The van der Waals surface area contributed by atoms with Gasteiger partial charge in [0.2, 0.25) is 0 Å². The van der Waals surface area contributed by atoms with Crippen molar-refractivity contribution in [1.29, 1.82) is 0 Å². The molecule has 0 unspecified atom stereocenters.